The summed E-state index contributed by atoms with van der Waals surface area (Å²) < 4.78 is 34.5. The van der Waals surface area contributed by atoms with E-state index in [0.717, 1.165) is 0 Å². The lowest BCUT2D eigenvalue weighted by Crippen LogP contribution is -2.74. The zero-order valence-corrected chi connectivity index (χ0v) is 14.7. The molecule has 2 saturated heterocycles. The van der Waals surface area contributed by atoms with Gasteiger partial charge < -0.3 is 9.64 Å². The van der Waals surface area contributed by atoms with Crippen molar-refractivity contribution in [3.8, 4) is 0 Å². The lowest BCUT2D eigenvalue weighted by Gasteiger charge is -2.58. The van der Waals surface area contributed by atoms with Gasteiger partial charge in [-0.25, -0.2) is 9.36 Å². The molecule has 1 aromatic heterocycles. The molecular formula is C14H23N4O4S+. The molecule has 3 rings (SSSR count). The fourth-order valence-electron chi connectivity index (χ4n) is 2.98. The molecule has 0 N–H and O–H groups in total. The van der Waals surface area contributed by atoms with Crippen LogP contribution in [0.3, 0.4) is 0 Å². The number of nitrogens with zero attached hydrogens (tertiary/aromatic N) is 4. The molecule has 1 amide bonds. The van der Waals surface area contributed by atoms with Gasteiger partial charge in [-0.3, -0.25) is 0 Å². The van der Waals surface area contributed by atoms with E-state index in [9.17, 15) is 13.2 Å². The smallest absolute Gasteiger partial charge is 0.410 e. The fraction of sp³-hybridized carbons (Fsp3) is 0.714. The van der Waals surface area contributed by atoms with Gasteiger partial charge in [-0.15, -0.1) is 3.97 Å². The van der Waals surface area contributed by atoms with E-state index in [4.69, 9.17) is 4.74 Å². The first-order valence-electron chi connectivity index (χ1n) is 7.53. The van der Waals surface area contributed by atoms with Crippen molar-refractivity contribution >= 4 is 16.3 Å². The van der Waals surface area contributed by atoms with Crippen molar-refractivity contribution in [1.29, 1.82) is 0 Å². The van der Waals surface area contributed by atoms with Gasteiger partial charge in [0.25, 0.3) is 6.33 Å². The van der Waals surface area contributed by atoms with Crippen LogP contribution in [0, 0.1) is 5.41 Å². The molecule has 0 radical (unpaired) electrons. The zero-order chi connectivity index (χ0) is 17.0. The summed E-state index contributed by atoms with van der Waals surface area (Å²) in [6.45, 7) is 7.47. The van der Waals surface area contributed by atoms with Crippen LogP contribution in [0.2, 0.25) is 0 Å². The Morgan fingerprint density at radius 2 is 1.83 bits per heavy atom. The topological polar surface area (TPSA) is 75.7 Å². The number of aryl methyl sites for hydroxylation is 1. The summed E-state index contributed by atoms with van der Waals surface area (Å²) in [6, 6.07) is 0. The number of aromatic nitrogens is 2. The van der Waals surface area contributed by atoms with E-state index < -0.39 is 15.8 Å². The van der Waals surface area contributed by atoms with E-state index in [1.807, 2.05) is 20.8 Å². The highest BCUT2D eigenvalue weighted by Crippen LogP contribution is 2.41. The zero-order valence-electron chi connectivity index (χ0n) is 13.9. The number of likely N-dealkylation sites (tertiary alicyclic amines) is 1. The largest absolute Gasteiger partial charge is 0.444 e. The third kappa shape index (κ3) is 2.94. The minimum absolute atomic E-state index is 0.112. The minimum Gasteiger partial charge on any atom is -0.444 e. The highest BCUT2D eigenvalue weighted by Gasteiger charge is 2.58. The first-order chi connectivity index (χ1) is 10.5. The predicted molar refractivity (Wildman–Crippen MR) is 81.7 cm³/mol. The molecule has 0 atom stereocenters. The fourth-order valence-corrected chi connectivity index (χ4v) is 4.60. The molecule has 2 aliphatic rings. The number of hydrogen-bond donors (Lipinski definition) is 0. The van der Waals surface area contributed by atoms with Crippen molar-refractivity contribution in [3.63, 3.8) is 0 Å². The van der Waals surface area contributed by atoms with Crippen LogP contribution in [0.15, 0.2) is 18.7 Å². The maximum Gasteiger partial charge on any atom is 0.410 e. The summed E-state index contributed by atoms with van der Waals surface area (Å²) in [5, 5.41) is 0. The molecule has 8 nitrogen and oxygen atoms in total. The van der Waals surface area contributed by atoms with Crippen molar-refractivity contribution < 1.29 is 22.5 Å². The Morgan fingerprint density at radius 1 is 1.22 bits per heavy atom. The Kier molecular flexibility index (Phi) is 3.49. The highest BCUT2D eigenvalue weighted by molar-refractivity contribution is 7.87. The minimum atomic E-state index is -3.50. The Balaban J connectivity index is 1.56. The van der Waals surface area contributed by atoms with Crippen LogP contribution < -0.4 is 4.57 Å². The molecule has 0 saturated carbocycles. The molecule has 0 bridgehead atoms. The van der Waals surface area contributed by atoms with Gasteiger partial charge in [0.2, 0.25) is 0 Å². The Morgan fingerprint density at radius 3 is 2.30 bits per heavy atom. The number of carbonyl (C=O) groups is 1. The molecular weight excluding hydrogens is 320 g/mol. The third-order valence-corrected chi connectivity index (χ3v) is 5.72. The number of rotatable bonds is 2. The molecule has 0 unspecified atom stereocenters. The maximum atomic E-state index is 12.4. The van der Waals surface area contributed by atoms with Gasteiger partial charge in [0, 0.05) is 31.6 Å². The monoisotopic (exact) mass is 343 g/mol. The lowest BCUT2D eigenvalue weighted by molar-refractivity contribution is -0.670. The first-order valence-corrected chi connectivity index (χ1v) is 8.92. The number of carbonyl (C=O) groups excluding carboxylic acids is 1. The normalized spacial score (nSPS) is 21.0. The number of imidazole rings is 1. The van der Waals surface area contributed by atoms with Gasteiger partial charge in [-0.2, -0.15) is 12.7 Å². The highest BCUT2D eigenvalue weighted by atomic mass is 32.2. The molecule has 128 valence electrons. The average molecular weight is 343 g/mol. The van der Waals surface area contributed by atoms with Gasteiger partial charge in [0.1, 0.15) is 18.0 Å². The number of ether oxygens (including phenoxy) is 1. The molecule has 9 heteroatoms. The molecule has 3 heterocycles. The van der Waals surface area contributed by atoms with Gasteiger partial charge in [-0.1, -0.05) is 0 Å². The van der Waals surface area contributed by atoms with Gasteiger partial charge in [0.15, 0.2) is 0 Å². The third-order valence-electron chi connectivity index (χ3n) is 4.07. The van der Waals surface area contributed by atoms with E-state index in [-0.39, 0.29) is 11.5 Å². The Hall–Kier alpha value is -1.61. The average Bonchev–Trinajstić information content (AvgIpc) is 2.69. The van der Waals surface area contributed by atoms with Crippen molar-refractivity contribution in [1.82, 2.24) is 13.2 Å². The quantitative estimate of drug-likeness (QED) is 0.706. The summed E-state index contributed by atoms with van der Waals surface area (Å²) >= 11 is 0. The first kappa shape index (κ1) is 16.3. The van der Waals surface area contributed by atoms with Crippen LogP contribution in [0.4, 0.5) is 4.79 Å². The molecule has 1 aromatic rings. The van der Waals surface area contributed by atoms with Crippen LogP contribution in [0.25, 0.3) is 0 Å². The maximum absolute atomic E-state index is 12.4. The molecule has 2 aliphatic heterocycles. The SMILES string of the molecule is C[n+]1ccn(S(=O)(=O)N2CC3(CN(C(=O)OC(C)(C)C)C3)C2)c1. The molecule has 0 aliphatic carbocycles. The van der Waals surface area contributed by atoms with Crippen molar-refractivity contribution in [2.24, 2.45) is 12.5 Å². The van der Waals surface area contributed by atoms with Crippen LogP contribution >= 0.6 is 0 Å². The summed E-state index contributed by atoms with van der Waals surface area (Å²) in [4.78, 5) is 13.6. The standard InChI is InChI=1S/C14H23N4O4S/c1-13(2,3)22-12(19)16-7-14(8-16)9-18(10-14)23(20,21)17-6-5-15(4)11-17/h5-6,11H,7-10H2,1-4H3/q+1. The molecule has 1 spiro atoms. The van der Waals surface area contributed by atoms with Gasteiger partial charge >= 0.3 is 16.3 Å². The Labute approximate surface area is 136 Å². The molecule has 23 heavy (non-hydrogen) atoms. The van der Waals surface area contributed by atoms with E-state index >= 15 is 0 Å². The number of amides is 1. The van der Waals surface area contributed by atoms with E-state index in [2.05, 4.69) is 0 Å². The summed E-state index contributed by atoms with van der Waals surface area (Å²) in [6.07, 6.45) is 4.39. The predicted octanol–water partition coefficient (Wildman–Crippen LogP) is -0.0418. The molecule has 0 aromatic carbocycles. The van der Waals surface area contributed by atoms with Crippen LogP contribution in [0.5, 0.6) is 0 Å². The van der Waals surface area contributed by atoms with Crippen molar-refractivity contribution in [3.05, 3.63) is 18.7 Å². The second-order valence-corrected chi connectivity index (χ2v) is 9.35. The van der Waals surface area contributed by atoms with E-state index in [1.54, 1.807) is 22.7 Å². The molecule has 2 fully saturated rings. The van der Waals surface area contributed by atoms with Crippen molar-refractivity contribution in [2.75, 3.05) is 26.2 Å². The van der Waals surface area contributed by atoms with Crippen molar-refractivity contribution in [2.45, 2.75) is 26.4 Å². The number of hydrogen-bond acceptors (Lipinski definition) is 4. The summed E-state index contributed by atoms with van der Waals surface area (Å²) in [5.41, 5.74) is -0.627. The van der Waals surface area contributed by atoms with E-state index in [0.29, 0.717) is 26.2 Å². The van der Waals surface area contributed by atoms with Crippen LogP contribution in [-0.2, 0) is 22.0 Å². The summed E-state index contributed by atoms with van der Waals surface area (Å²) in [5.74, 6) is 0. The second-order valence-electron chi connectivity index (χ2n) is 7.52. The lowest BCUT2D eigenvalue weighted by atomic mass is 9.75. The summed E-state index contributed by atoms with van der Waals surface area (Å²) in [7, 11) is -1.73. The van der Waals surface area contributed by atoms with Gasteiger partial charge in [0.05, 0.1) is 7.05 Å². The van der Waals surface area contributed by atoms with E-state index in [1.165, 1.54) is 20.8 Å². The Bertz CT molecular complexity index is 720. The second kappa shape index (κ2) is 4.94. The van der Waals surface area contributed by atoms with Gasteiger partial charge in [-0.05, 0) is 20.8 Å². The van der Waals surface area contributed by atoms with Crippen LogP contribution in [0.1, 0.15) is 20.8 Å². The van der Waals surface area contributed by atoms with Crippen LogP contribution in [-0.4, -0.2) is 59.5 Å².